The third kappa shape index (κ3) is 3.01. The Kier molecular flexibility index (Phi) is 4.07. The molecule has 6 heteroatoms. The fourth-order valence-electron chi connectivity index (χ4n) is 2.91. The van der Waals surface area contributed by atoms with Crippen molar-refractivity contribution in [3.05, 3.63) is 33.8 Å². The number of aryl methyl sites for hydroxylation is 1. The normalized spacial score (nSPS) is 17.5. The number of amides is 1. The second-order valence-corrected chi connectivity index (χ2v) is 6.44. The molecule has 1 atom stereocenters. The number of thiophene rings is 1. The van der Waals surface area contributed by atoms with Gasteiger partial charge in [-0.25, -0.2) is 0 Å². The quantitative estimate of drug-likeness (QED) is 0.913. The Morgan fingerprint density at radius 3 is 3.24 bits per heavy atom. The van der Waals surface area contributed by atoms with Crippen molar-refractivity contribution in [2.45, 2.75) is 38.8 Å². The minimum Gasteiger partial charge on any atom is -0.325 e. The second-order valence-electron chi connectivity index (χ2n) is 5.43. The molecule has 5 nitrogen and oxygen atoms in total. The molecule has 0 saturated heterocycles. The van der Waals surface area contributed by atoms with Crippen LogP contribution in [-0.2, 0) is 24.8 Å². The lowest BCUT2D eigenvalue weighted by Crippen LogP contribution is -2.25. The van der Waals surface area contributed by atoms with Crippen LogP contribution in [0.25, 0.3) is 0 Å². The molecule has 2 aromatic heterocycles. The van der Waals surface area contributed by atoms with Crippen LogP contribution in [0.4, 0.5) is 5.69 Å². The Balaban J connectivity index is 1.69. The van der Waals surface area contributed by atoms with Gasteiger partial charge in [-0.15, -0.1) is 11.3 Å². The number of carbonyl (C=O) groups excluding carboxylic acids is 1. The minimum absolute atomic E-state index is 0.0261. The third-order valence-corrected chi connectivity index (χ3v) is 4.86. The van der Waals surface area contributed by atoms with Crippen LogP contribution in [0, 0.1) is 0 Å². The van der Waals surface area contributed by atoms with Gasteiger partial charge in [-0.2, -0.15) is 5.10 Å². The number of carbonyl (C=O) groups is 1. The molecule has 2 N–H and O–H groups in total. The van der Waals surface area contributed by atoms with Gasteiger partial charge in [-0.1, -0.05) is 0 Å². The Morgan fingerprint density at radius 2 is 2.43 bits per heavy atom. The van der Waals surface area contributed by atoms with E-state index in [1.165, 1.54) is 29.5 Å². The summed E-state index contributed by atoms with van der Waals surface area (Å²) >= 11 is 1.67. The number of nitrogens with one attached hydrogen (secondary N) is 2. The molecule has 1 aliphatic rings. The average molecular weight is 304 g/mol. The summed E-state index contributed by atoms with van der Waals surface area (Å²) in [5, 5.41) is 12.9. The molecular formula is C15H20N4OS. The van der Waals surface area contributed by atoms with E-state index in [4.69, 9.17) is 0 Å². The van der Waals surface area contributed by atoms with Gasteiger partial charge in [0.1, 0.15) is 0 Å². The van der Waals surface area contributed by atoms with Crippen molar-refractivity contribution in [2.75, 3.05) is 5.32 Å². The van der Waals surface area contributed by atoms with Gasteiger partial charge in [0.25, 0.3) is 0 Å². The molecule has 1 amide bonds. The van der Waals surface area contributed by atoms with Crippen molar-refractivity contribution in [2.24, 2.45) is 7.05 Å². The van der Waals surface area contributed by atoms with Gasteiger partial charge in [0.05, 0.1) is 11.9 Å². The monoisotopic (exact) mass is 304 g/mol. The highest BCUT2D eigenvalue weighted by molar-refractivity contribution is 7.10. The molecule has 3 rings (SSSR count). The van der Waals surface area contributed by atoms with E-state index in [1.807, 2.05) is 29.4 Å². The molecule has 0 radical (unpaired) electrons. The van der Waals surface area contributed by atoms with Gasteiger partial charge in [0.15, 0.2) is 0 Å². The fourth-order valence-corrected chi connectivity index (χ4v) is 3.69. The Hall–Kier alpha value is -1.66. The maximum Gasteiger partial charge on any atom is 0.221 e. The summed E-state index contributed by atoms with van der Waals surface area (Å²) in [5.74, 6) is -0.0261. The molecule has 0 fully saturated rings. The fraction of sp³-hybridized carbons (Fsp3) is 0.467. The predicted octanol–water partition coefficient (Wildman–Crippen LogP) is 2.61. The third-order valence-electron chi connectivity index (χ3n) is 3.94. The first-order valence-corrected chi connectivity index (χ1v) is 8.11. The van der Waals surface area contributed by atoms with E-state index < -0.39 is 0 Å². The number of rotatable bonds is 4. The predicted molar refractivity (Wildman–Crippen MR) is 84.3 cm³/mol. The van der Waals surface area contributed by atoms with Crippen LogP contribution in [0.15, 0.2) is 17.6 Å². The summed E-state index contributed by atoms with van der Waals surface area (Å²) in [6.07, 6.45) is 5.42. The van der Waals surface area contributed by atoms with E-state index >= 15 is 0 Å². The molecule has 1 aliphatic carbocycles. The highest BCUT2D eigenvalue weighted by Gasteiger charge is 2.23. The lowest BCUT2D eigenvalue weighted by molar-refractivity contribution is -0.114. The summed E-state index contributed by atoms with van der Waals surface area (Å²) in [6.45, 7) is 2.31. The Labute approximate surface area is 128 Å². The Bertz CT molecular complexity index is 646. The molecular weight excluding hydrogens is 284 g/mol. The minimum atomic E-state index is -0.0261. The topological polar surface area (TPSA) is 59.0 Å². The van der Waals surface area contributed by atoms with E-state index in [2.05, 4.69) is 15.7 Å². The van der Waals surface area contributed by atoms with E-state index in [0.717, 1.165) is 25.1 Å². The molecule has 0 saturated carbocycles. The molecule has 1 unspecified atom stereocenters. The van der Waals surface area contributed by atoms with Crippen molar-refractivity contribution in [1.82, 2.24) is 15.1 Å². The lowest BCUT2D eigenvalue weighted by Gasteiger charge is -2.24. The molecule has 0 aliphatic heterocycles. The molecule has 21 heavy (non-hydrogen) atoms. The van der Waals surface area contributed by atoms with Gasteiger partial charge in [-0.3, -0.25) is 9.48 Å². The van der Waals surface area contributed by atoms with Crippen LogP contribution in [0.5, 0.6) is 0 Å². The zero-order chi connectivity index (χ0) is 14.8. The van der Waals surface area contributed by atoms with Crippen LogP contribution in [-0.4, -0.2) is 15.7 Å². The number of hydrogen-bond acceptors (Lipinski definition) is 4. The van der Waals surface area contributed by atoms with E-state index in [1.54, 1.807) is 11.3 Å². The summed E-state index contributed by atoms with van der Waals surface area (Å²) in [5.41, 5.74) is 3.58. The largest absolute Gasteiger partial charge is 0.325 e. The zero-order valence-corrected chi connectivity index (χ0v) is 13.2. The van der Waals surface area contributed by atoms with Crippen LogP contribution < -0.4 is 10.6 Å². The zero-order valence-electron chi connectivity index (χ0n) is 12.3. The van der Waals surface area contributed by atoms with Crippen molar-refractivity contribution in [3.8, 4) is 0 Å². The molecule has 0 bridgehead atoms. The van der Waals surface area contributed by atoms with E-state index in [0.29, 0.717) is 6.04 Å². The first kappa shape index (κ1) is 14.3. The maximum absolute atomic E-state index is 11.2. The molecule has 112 valence electrons. The number of aromatic nitrogens is 2. The van der Waals surface area contributed by atoms with Gasteiger partial charge >= 0.3 is 0 Å². The van der Waals surface area contributed by atoms with Gasteiger partial charge < -0.3 is 10.6 Å². The van der Waals surface area contributed by atoms with Crippen molar-refractivity contribution in [1.29, 1.82) is 0 Å². The number of hydrogen-bond donors (Lipinski definition) is 2. The molecule has 0 spiro atoms. The lowest BCUT2D eigenvalue weighted by atomic mass is 9.93. The van der Waals surface area contributed by atoms with E-state index in [-0.39, 0.29) is 5.91 Å². The van der Waals surface area contributed by atoms with Gasteiger partial charge in [0.2, 0.25) is 5.91 Å². The highest BCUT2D eigenvalue weighted by Crippen LogP contribution is 2.30. The summed E-state index contributed by atoms with van der Waals surface area (Å²) < 4.78 is 1.98. The smallest absolute Gasteiger partial charge is 0.221 e. The van der Waals surface area contributed by atoms with E-state index in [9.17, 15) is 4.79 Å². The second kappa shape index (κ2) is 5.99. The summed E-state index contributed by atoms with van der Waals surface area (Å²) in [6, 6.07) is 2.31. The average Bonchev–Trinajstić information content (AvgIpc) is 3.04. The highest BCUT2D eigenvalue weighted by atomic mass is 32.1. The van der Waals surface area contributed by atoms with Crippen molar-refractivity contribution in [3.63, 3.8) is 0 Å². The maximum atomic E-state index is 11.2. The Morgan fingerprint density at radius 1 is 1.57 bits per heavy atom. The first-order valence-electron chi connectivity index (χ1n) is 7.23. The molecule has 2 aromatic rings. The number of fused-ring (bicyclic) bond motifs is 1. The van der Waals surface area contributed by atoms with Crippen LogP contribution >= 0.6 is 11.3 Å². The van der Waals surface area contributed by atoms with Crippen LogP contribution in [0.1, 0.15) is 41.9 Å². The summed E-state index contributed by atoms with van der Waals surface area (Å²) in [7, 11) is 2.01. The standard InChI is InChI=1S/C15H20N4OS/c1-10(20)18-13-6-7-21-15(13)9-16-12-4-3-5-14-11(12)8-17-19(14)2/h6-8,12,16H,3-5,9H2,1-2H3,(H,18,20). The number of anilines is 1. The van der Waals surface area contributed by atoms with Crippen molar-refractivity contribution < 1.29 is 4.79 Å². The van der Waals surface area contributed by atoms with Crippen LogP contribution in [0.2, 0.25) is 0 Å². The van der Waals surface area contributed by atoms with Crippen LogP contribution in [0.3, 0.4) is 0 Å². The first-order chi connectivity index (χ1) is 10.1. The molecule has 2 heterocycles. The summed E-state index contributed by atoms with van der Waals surface area (Å²) in [4.78, 5) is 12.4. The van der Waals surface area contributed by atoms with Crippen molar-refractivity contribution >= 4 is 22.9 Å². The van der Waals surface area contributed by atoms with Gasteiger partial charge in [0, 0.05) is 42.7 Å². The SMILES string of the molecule is CC(=O)Nc1ccsc1CNC1CCCc2c1cnn2C. The number of nitrogens with zero attached hydrogens (tertiary/aromatic N) is 2. The van der Waals surface area contributed by atoms with Gasteiger partial charge in [-0.05, 0) is 30.7 Å². The molecule has 0 aromatic carbocycles.